The summed E-state index contributed by atoms with van der Waals surface area (Å²) in [5, 5.41) is 21.2. The van der Waals surface area contributed by atoms with Crippen LogP contribution < -0.4 is 5.32 Å². The third kappa shape index (κ3) is 5.57. The minimum atomic E-state index is -1.16. The lowest BCUT2D eigenvalue weighted by Gasteiger charge is -2.26. The summed E-state index contributed by atoms with van der Waals surface area (Å²) in [5.74, 6) is -1.83. The van der Waals surface area contributed by atoms with Crippen molar-refractivity contribution in [3.05, 3.63) is 66.6 Å². The molecule has 2 atom stereocenters. The molecule has 2 rings (SSSR count). The summed E-state index contributed by atoms with van der Waals surface area (Å²) in [5.41, 5.74) is 1.42. The molecule has 26 heavy (non-hydrogen) atoms. The van der Waals surface area contributed by atoms with Crippen LogP contribution in [0.5, 0.6) is 0 Å². The highest BCUT2D eigenvalue weighted by molar-refractivity contribution is 8.00. The number of nitrogens with zero attached hydrogens (tertiary/aromatic N) is 1. The molecule has 0 bridgehead atoms. The Kier molecular flexibility index (Phi) is 7.62. The van der Waals surface area contributed by atoms with E-state index in [9.17, 15) is 19.8 Å². The first-order valence-electron chi connectivity index (χ1n) is 8.11. The van der Waals surface area contributed by atoms with Gasteiger partial charge in [0.15, 0.2) is 0 Å². The lowest BCUT2D eigenvalue weighted by Crippen LogP contribution is -2.45. The first kappa shape index (κ1) is 19.9. The van der Waals surface area contributed by atoms with E-state index in [4.69, 9.17) is 0 Å². The summed E-state index contributed by atoms with van der Waals surface area (Å²) in [7, 11) is 0. The molecule has 7 heteroatoms. The summed E-state index contributed by atoms with van der Waals surface area (Å²) in [4.78, 5) is 27.4. The van der Waals surface area contributed by atoms with Crippen molar-refractivity contribution in [2.75, 3.05) is 5.75 Å². The van der Waals surface area contributed by atoms with Crippen LogP contribution in [0.2, 0.25) is 0 Å². The summed E-state index contributed by atoms with van der Waals surface area (Å²) in [6.45, 7) is 4.04. The third-order valence-electron chi connectivity index (χ3n) is 3.69. The van der Waals surface area contributed by atoms with Gasteiger partial charge in [-0.1, -0.05) is 42.5 Å². The number of thioether (sulfide) groups is 1. The molecule has 0 amide bonds. The number of hydrogen-bond acceptors (Lipinski definition) is 5. The summed E-state index contributed by atoms with van der Waals surface area (Å²) >= 11 is 1.31. The molecule has 1 heterocycles. The van der Waals surface area contributed by atoms with Gasteiger partial charge in [0.25, 0.3) is 0 Å². The van der Waals surface area contributed by atoms with Crippen molar-refractivity contribution < 1.29 is 19.8 Å². The van der Waals surface area contributed by atoms with Crippen molar-refractivity contribution >= 4 is 29.4 Å². The summed E-state index contributed by atoms with van der Waals surface area (Å²) in [6, 6.07) is 8.43. The average Bonchev–Trinajstić information content (AvgIpc) is 2.63. The van der Waals surface area contributed by atoms with E-state index in [1.54, 1.807) is 12.2 Å². The smallest absolute Gasteiger partial charge is 0.354 e. The van der Waals surface area contributed by atoms with Gasteiger partial charge in [-0.2, -0.15) is 6.42 Å². The minimum Gasteiger partial charge on any atom is -0.480 e. The number of carboxylic acids is 2. The fraction of sp³-hybridized carbons (Fsp3) is 0.263. The standard InChI is InChI=1S/C19H21N2O4S/c1-2-3-5-10-14-12-26-17(21-15(14)18(22)23)16(19(24)25)20-11-13-8-6-4-7-9-13/h3-10,16-17,20H,1-2,11-12H2,(H,22,23)(H,24,25)/q-1/b5-3+,14-10+. The maximum atomic E-state index is 11.7. The molecular formula is C19H21N2O4S-. The normalized spacial score (nSPS) is 20.1. The van der Waals surface area contributed by atoms with E-state index in [-0.39, 0.29) is 5.71 Å². The quantitative estimate of drug-likeness (QED) is 0.606. The molecule has 0 saturated heterocycles. The van der Waals surface area contributed by atoms with E-state index < -0.39 is 23.4 Å². The lowest BCUT2D eigenvalue weighted by molar-refractivity contribution is -0.139. The predicted octanol–water partition coefficient (Wildman–Crippen LogP) is 2.53. The molecule has 0 spiro atoms. The zero-order valence-electron chi connectivity index (χ0n) is 14.2. The number of hydrogen-bond donors (Lipinski definition) is 3. The van der Waals surface area contributed by atoms with E-state index in [2.05, 4.69) is 17.2 Å². The monoisotopic (exact) mass is 373 g/mol. The fourth-order valence-corrected chi connectivity index (χ4v) is 3.56. The van der Waals surface area contributed by atoms with E-state index in [1.165, 1.54) is 11.8 Å². The van der Waals surface area contributed by atoms with Crippen molar-refractivity contribution in [1.82, 2.24) is 5.32 Å². The van der Waals surface area contributed by atoms with Crippen LogP contribution in [0.1, 0.15) is 12.0 Å². The first-order valence-corrected chi connectivity index (χ1v) is 9.16. The fourth-order valence-electron chi connectivity index (χ4n) is 2.40. The van der Waals surface area contributed by atoms with Gasteiger partial charge in [0, 0.05) is 12.3 Å². The molecular weight excluding hydrogens is 352 g/mol. The van der Waals surface area contributed by atoms with Crippen LogP contribution >= 0.6 is 11.8 Å². The van der Waals surface area contributed by atoms with Crippen LogP contribution in [-0.2, 0) is 16.1 Å². The highest BCUT2D eigenvalue weighted by atomic mass is 32.2. The van der Waals surface area contributed by atoms with Crippen LogP contribution in [0.25, 0.3) is 0 Å². The van der Waals surface area contributed by atoms with Gasteiger partial charge >= 0.3 is 11.9 Å². The predicted molar refractivity (Wildman–Crippen MR) is 103 cm³/mol. The van der Waals surface area contributed by atoms with Crippen molar-refractivity contribution in [2.24, 2.45) is 4.99 Å². The Bertz CT molecular complexity index is 728. The molecule has 6 nitrogen and oxygen atoms in total. The Balaban J connectivity index is 2.18. The van der Waals surface area contributed by atoms with Gasteiger partial charge < -0.3 is 17.1 Å². The van der Waals surface area contributed by atoms with Crippen LogP contribution in [0.15, 0.2) is 59.1 Å². The molecule has 0 radical (unpaired) electrons. The molecule has 138 valence electrons. The third-order valence-corrected chi connectivity index (χ3v) is 4.89. The van der Waals surface area contributed by atoms with Gasteiger partial charge in [-0.25, -0.2) is 4.79 Å². The second kappa shape index (κ2) is 9.94. The maximum Gasteiger partial charge on any atom is 0.354 e. The van der Waals surface area contributed by atoms with Crippen LogP contribution in [-0.4, -0.2) is 45.0 Å². The molecule has 0 aromatic heterocycles. The largest absolute Gasteiger partial charge is 0.480 e. The van der Waals surface area contributed by atoms with E-state index in [1.807, 2.05) is 36.4 Å². The number of allylic oxidation sites excluding steroid dienone is 3. The molecule has 1 aliphatic rings. The Labute approximate surface area is 156 Å². The van der Waals surface area contributed by atoms with Crippen LogP contribution in [0, 0.1) is 6.92 Å². The first-order chi connectivity index (χ1) is 12.5. The number of benzene rings is 1. The summed E-state index contributed by atoms with van der Waals surface area (Å²) in [6.07, 6.45) is 5.84. The Morgan fingerprint density at radius 2 is 2.08 bits per heavy atom. The Morgan fingerprint density at radius 1 is 1.35 bits per heavy atom. The van der Waals surface area contributed by atoms with Crippen molar-refractivity contribution in [2.45, 2.75) is 24.4 Å². The van der Waals surface area contributed by atoms with E-state index >= 15 is 0 Å². The number of aliphatic carboxylic acids is 2. The van der Waals surface area contributed by atoms with Gasteiger partial charge in [0.1, 0.15) is 17.1 Å². The van der Waals surface area contributed by atoms with Crippen molar-refractivity contribution in [1.29, 1.82) is 0 Å². The van der Waals surface area contributed by atoms with E-state index in [0.717, 1.165) is 5.56 Å². The van der Waals surface area contributed by atoms with Crippen LogP contribution in [0.4, 0.5) is 0 Å². The molecule has 1 aromatic carbocycles. The maximum absolute atomic E-state index is 11.7. The highest BCUT2D eigenvalue weighted by Crippen LogP contribution is 2.27. The SMILES string of the molecule is [CH2-]C/C=C/C=C1\CSC(C(NCc2ccccc2)C(=O)O)N=C1C(=O)O. The van der Waals surface area contributed by atoms with Gasteiger partial charge in [0.05, 0.1) is 0 Å². The number of carboxylic acid groups (broad SMARTS) is 2. The second-order valence-electron chi connectivity index (χ2n) is 5.58. The van der Waals surface area contributed by atoms with E-state index in [0.29, 0.717) is 24.3 Å². The molecule has 0 aliphatic carbocycles. The average molecular weight is 373 g/mol. The minimum absolute atomic E-state index is 0.0878. The zero-order chi connectivity index (χ0) is 18.9. The second-order valence-corrected chi connectivity index (χ2v) is 6.68. The van der Waals surface area contributed by atoms with Gasteiger partial charge in [-0.05, 0) is 11.1 Å². The number of aliphatic imine (C=N–C) groups is 1. The zero-order valence-corrected chi connectivity index (χ0v) is 15.0. The van der Waals surface area contributed by atoms with Crippen molar-refractivity contribution in [3.8, 4) is 0 Å². The molecule has 0 fully saturated rings. The molecule has 2 unspecified atom stereocenters. The number of nitrogens with one attached hydrogen (secondary N) is 1. The topological polar surface area (TPSA) is 99.0 Å². The summed E-state index contributed by atoms with van der Waals surface area (Å²) < 4.78 is 0. The van der Waals surface area contributed by atoms with Gasteiger partial charge in [-0.15, -0.1) is 17.8 Å². The highest BCUT2D eigenvalue weighted by Gasteiger charge is 2.33. The number of rotatable bonds is 8. The lowest BCUT2D eigenvalue weighted by atomic mass is 10.1. The molecule has 1 aromatic rings. The molecule has 0 saturated carbocycles. The number of carbonyl (C=O) groups is 2. The Morgan fingerprint density at radius 3 is 2.69 bits per heavy atom. The molecule has 1 aliphatic heterocycles. The van der Waals surface area contributed by atoms with Gasteiger partial charge in [-0.3, -0.25) is 15.1 Å². The van der Waals surface area contributed by atoms with Crippen molar-refractivity contribution in [3.63, 3.8) is 0 Å². The van der Waals surface area contributed by atoms with Crippen LogP contribution in [0.3, 0.4) is 0 Å². The van der Waals surface area contributed by atoms with Gasteiger partial charge in [0.2, 0.25) is 0 Å². The Hall–Kier alpha value is -2.38. The molecule has 3 N–H and O–H groups in total.